The fourth-order valence-electron chi connectivity index (χ4n) is 1.17. The zero-order valence-electron chi connectivity index (χ0n) is 8.07. The molecule has 0 aromatic heterocycles. The van der Waals surface area contributed by atoms with Crippen LogP contribution in [0.1, 0.15) is 19.8 Å². The molecule has 1 aromatic rings. The van der Waals surface area contributed by atoms with E-state index >= 15 is 0 Å². The minimum absolute atomic E-state index is 0.158. The van der Waals surface area contributed by atoms with Gasteiger partial charge in [-0.05, 0) is 18.6 Å². The summed E-state index contributed by atoms with van der Waals surface area (Å²) >= 11 is 0. The summed E-state index contributed by atoms with van der Waals surface area (Å²) in [4.78, 5) is 0. The van der Waals surface area contributed by atoms with Crippen LogP contribution >= 0.6 is 0 Å². The minimum Gasteiger partial charge on any atom is -0.492 e. The predicted molar refractivity (Wildman–Crippen MR) is 54.8 cm³/mol. The lowest BCUT2D eigenvalue weighted by Gasteiger charge is -2.11. The van der Waals surface area contributed by atoms with Crippen molar-refractivity contribution in [2.45, 2.75) is 25.8 Å². The first kappa shape index (κ1) is 10.1. The lowest BCUT2D eigenvalue weighted by molar-refractivity contribution is 0.281. The molecule has 0 radical (unpaired) electrons. The topological polar surface area (TPSA) is 35.2 Å². The van der Waals surface area contributed by atoms with Crippen LogP contribution in [0.15, 0.2) is 30.3 Å². The first-order valence-electron chi connectivity index (χ1n) is 4.76. The molecule has 0 aliphatic heterocycles. The fraction of sp³-hybridized carbons (Fsp3) is 0.455. The van der Waals surface area contributed by atoms with E-state index in [0.29, 0.717) is 6.61 Å². The maximum Gasteiger partial charge on any atom is 0.119 e. The molecule has 0 bridgehead atoms. The molecule has 2 nitrogen and oxygen atoms in total. The Kier molecular flexibility index (Phi) is 4.33. The van der Waals surface area contributed by atoms with Crippen molar-refractivity contribution in [2.24, 2.45) is 5.73 Å². The minimum atomic E-state index is 0.158. The number of ether oxygens (including phenoxy) is 1. The highest BCUT2D eigenvalue weighted by atomic mass is 16.5. The molecule has 0 spiro atoms. The van der Waals surface area contributed by atoms with Gasteiger partial charge in [0, 0.05) is 6.04 Å². The molecule has 1 atom stereocenters. The van der Waals surface area contributed by atoms with Gasteiger partial charge >= 0.3 is 0 Å². The Morgan fingerprint density at radius 1 is 1.31 bits per heavy atom. The molecule has 0 heterocycles. The quantitative estimate of drug-likeness (QED) is 0.752. The van der Waals surface area contributed by atoms with Crippen LogP contribution in [-0.2, 0) is 0 Å². The molecule has 72 valence electrons. The SMILES string of the molecule is CCCC(N)COc1ccccc1. The third kappa shape index (κ3) is 3.95. The average molecular weight is 179 g/mol. The molecule has 2 heteroatoms. The Morgan fingerprint density at radius 2 is 2.00 bits per heavy atom. The third-order valence-corrected chi connectivity index (χ3v) is 1.87. The number of hydrogen-bond acceptors (Lipinski definition) is 2. The standard InChI is InChI=1S/C11H17NO/c1-2-6-10(12)9-13-11-7-4-3-5-8-11/h3-5,7-8,10H,2,6,9,12H2,1H3. The molecule has 0 saturated heterocycles. The van der Waals surface area contributed by atoms with Crippen LogP contribution in [0.5, 0.6) is 5.75 Å². The Balaban J connectivity index is 2.27. The smallest absolute Gasteiger partial charge is 0.119 e. The van der Waals surface area contributed by atoms with Gasteiger partial charge in [0.15, 0.2) is 0 Å². The maximum absolute atomic E-state index is 5.81. The van der Waals surface area contributed by atoms with Gasteiger partial charge in [0.05, 0.1) is 0 Å². The van der Waals surface area contributed by atoms with Crippen molar-refractivity contribution >= 4 is 0 Å². The average Bonchev–Trinajstić information content (AvgIpc) is 2.17. The Labute approximate surface area is 79.7 Å². The van der Waals surface area contributed by atoms with Gasteiger partial charge in [-0.1, -0.05) is 31.5 Å². The van der Waals surface area contributed by atoms with Gasteiger partial charge in [0.1, 0.15) is 12.4 Å². The first-order chi connectivity index (χ1) is 6.33. The molecule has 0 amide bonds. The zero-order chi connectivity index (χ0) is 9.52. The summed E-state index contributed by atoms with van der Waals surface area (Å²) in [5, 5.41) is 0. The summed E-state index contributed by atoms with van der Waals surface area (Å²) in [5.74, 6) is 0.897. The van der Waals surface area contributed by atoms with Crippen molar-refractivity contribution in [3.63, 3.8) is 0 Å². The van der Waals surface area contributed by atoms with Crippen molar-refractivity contribution in [1.82, 2.24) is 0 Å². The van der Waals surface area contributed by atoms with Crippen molar-refractivity contribution in [3.8, 4) is 5.75 Å². The second-order valence-electron chi connectivity index (χ2n) is 3.17. The van der Waals surface area contributed by atoms with Crippen molar-refractivity contribution in [3.05, 3.63) is 30.3 Å². The number of rotatable bonds is 5. The largest absolute Gasteiger partial charge is 0.492 e. The van der Waals surface area contributed by atoms with Crippen LogP contribution in [0.25, 0.3) is 0 Å². The summed E-state index contributed by atoms with van der Waals surface area (Å²) in [6.45, 7) is 2.74. The van der Waals surface area contributed by atoms with Crippen molar-refractivity contribution in [1.29, 1.82) is 0 Å². The third-order valence-electron chi connectivity index (χ3n) is 1.87. The van der Waals surface area contributed by atoms with E-state index in [1.165, 1.54) is 0 Å². The van der Waals surface area contributed by atoms with E-state index in [-0.39, 0.29) is 6.04 Å². The number of benzene rings is 1. The molecule has 0 saturated carbocycles. The lowest BCUT2D eigenvalue weighted by Crippen LogP contribution is -2.27. The molecule has 1 aromatic carbocycles. The summed E-state index contributed by atoms with van der Waals surface area (Å²) in [6.07, 6.45) is 2.13. The molecule has 2 N–H and O–H groups in total. The number of nitrogens with two attached hydrogens (primary N) is 1. The van der Waals surface area contributed by atoms with Crippen LogP contribution < -0.4 is 10.5 Å². The van der Waals surface area contributed by atoms with E-state index in [2.05, 4.69) is 6.92 Å². The Hall–Kier alpha value is -1.02. The maximum atomic E-state index is 5.81. The highest BCUT2D eigenvalue weighted by molar-refractivity contribution is 5.20. The summed E-state index contributed by atoms with van der Waals surface area (Å²) in [7, 11) is 0. The van der Waals surface area contributed by atoms with Crippen LogP contribution in [-0.4, -0.2) is 12.6 Å². The molecular weight excluding hydrogens is 162 g/mol. The van der Waals surface area contributed by atoms with E-state index in [0.717, 1.165) is 18.6 Å². The molecule has 1 rings (SSSR count). The van der Waals surface area contributed by atoms with Crippen LogP contribution in [0.3, 0.4) is 0 Å². The van der Waals surface area contributed by atoms with Crippen LogP contribution in [0.2, 0.25) is 0 Å². The number of para-hydroxylation sites is 1. The molecule has 0 aliphatic rings. The lowest BCUT2D eigenvalue weighted by atomic mass is 10.2. The first-order valence-corrected chi connectivity index (χ1v) is 4.76. The van der Waals surface area contributed by atoms with Crippen LogP contribution in [0.4, 0.5) is 0 Å². The second-order valence-corrected chi connectivity index (χ2v) is 3.17. The van der Waals surface area contributed by atoms with Gasteiger partial charge in [0.2, 0.25) is 0 Å². The monoisotopic (exact) mass is 179 g/mol. The normalized spacial score (nSPS) is 12.5. The predicted octanol–water partition coefficient (Wildman–Crippen LogP) is 2.19. The Morgan fingerprint density at radius 3 is 2.62 bits per heavy atom. The van der Waals surface area contributed by atoms with E-state index in [4.69, 9.17) is 10.5 Å². The van der Waals surface area contributed by atoms with E-state index in [9.17, 15) is 0 Å². The van der Waals surface area contributed by atoms with Gasteiger partial charge in [0.25, 0.3) is 0 Å². The van der Waals surface area contributed by atoms with Gasteiger partial charge in [-0.3, -0.25) is 0 Å². The summed E-state index contributed by atoms with van der Waals surface area (Å²) in [6, 6.07) is 9.93. The van der Waals surface area contributed by atoms with E-state index in [1.54, 1.807) is 0 Å². The Bertz CT molecular complexity index is 223. The molecular formula is C11H17NO. The summed E-state index contributed by atoms with van der Waals surface area (Å²) < 4.78 is 5.50. The van der Waals surface area contributed by atoms with Gasteiger partial charge in [-0.2, -0.15) is 0 Å². The van der Waals surface area contributed by atoms with Gasteiger partial charge < -0.3 is 10.5 Å². The fourth-order valence-corrected chi connectivity index (χ4v) is 1.17. The molecule has 1 unspecified atom stereocenters. The number of hydrogen-bond donors (Lipinski definition) is 1. The zero-order valence-corrected chi connectivity index (χ0v) is 8.07. The second kappa shape index (κ2) is 5.60. The van der Waals surface area contributed by atoms with Gasteiger partial charge in [-0.25, -0.2) is 0 Å². The van der Waals surface area contributed by atoms with Crippen LogP contribution in [0, 0.1) is 0 Å². The van der Waals surface area contributed by atoms with Crippen molar-refractivity contribution < 1.29 is 4.74 Å². The summed E-state index contributed by atoms with van der Waals surface area (Å²) in [5.41, 5.74) is 5.81. The highest BCUT2D eigenvalue weighted by Gasteiger charge is 2.00. The van der Waals surface area contributed by atoms with Crippen molar-refractivity contribution in [2.75, 3.05) is 6.61 Å². The highest BCUT2D eigenvalue weighted by Crippen LogP contribution is 2.08. The van der Waals surface area contributed by atoms with E-state index < -0.39 is 0 Å². The van der Waals surface area contributed by atoms with E-state index in [1.807, 2.05) is 30.3 Å². The molecule has 13 heavy (non-hydrogen) atoms. The molecule has 0 aliphatic carbocycles. The molecule has 0 fully saturated rings. The van der Waals surface area contributed by atoms with Gasteiger partial charge in [-0.15, -0.1) is 0 Å².